The second-order valence-corrected chi connectivity index (χ2v) is 16.4. The lowest BCUT2D eigenvalue weighted by molar-refractivity contribution is 0.669. The van der Waals surface area contributed by atoms with E-state index in [0.717, 1.165) is 88.8 Å². The van der Waals surface area contributed by atoms with Crippen molar-refractivity contribution in [3.8, 4) is 0 Å². The van der Waals surface area contributed by atoms with Crippen LogP contribution in [0.2, 0.25) is 0 Å². The molecular weight excluding hydrogens is 741 g/mol. The highest BCUT2D eigenvalue weighted by molar-refractivity contribution is 7.26. The van der Waals surface area contributed by atoms with Crippen LogP contribution in [0, 0.1) is 13.8 Å². The number of hydrogen-bond acceptors (Lipinski definition) is 5. The topological polar surface area (TPSA) is 32.8 Å². The zero-order chi connectivity index (χ0) is 39.2. The van der Waals surface area contributed by atoms with Gasteiger partial charge in [-0.15, -0.1) is 11.3 Å². The number of thiophene rings is 1. The number of rotatable bonds is 6. The van der Waals surface area contributed by atoms with Crippen molar-refractivity contribution < 1.29 is 8.83 Å². The molecule has 0 amide bonds. The van der Waals surface area contributed by atoms with Gasteiger partial charge in [0.2, 0.25) is 0 Å². The van der Waals surface area contributed by atoms with Crippen molar-refractivity contribution in [1.29, 1.82) is 0 Å². The van der Waals surface area contributed by atoms with E-state index in [4.69, 9.17) is 8.83 Å². The molecule has 280 valence electrons. The Morgan fingerprint density at radius 2 is 0.797 bits per heavy atom. The summed E-state index contributed by atoms with van der Waals surface area (Å²) in [5.74, 6) is 0. The minimum absolute atomic E-state index is 0.855. The fourth-order valence-corrected chi connectivity index (χ4v) is 10.3. The van der Waals surface area contributed by atoms with Gasteiger partial charge in [0.25, 0.3) is 0 Å². The first kappa shape index (κ1) is 33.8. The van der Waals surface area contributed by atoms with Crippen LogP contribution in [0.25, 0.3) is 74.8 Å². The Hall–Kier alpha value is -7.34. The van der Waals surface area contributed by atoms with Crippen LogP contribution >= 0.6 is 11.3 Å². The molecule has 9 aromatic carbocycles. The summed E-state index contributed by atoms with van der Waals surface area (Å²) < 4.78 is 16.0. The number of aryl methyl sites for hydroxylation is 2. The molecule has 0 spiro atoms. The lowest BCUT2D eigenvalue weighted by atomic mass is 9.97. The number of hydrogen-bond donors (Lipinski definition) is 0. The average Bonchev–Trinajstić information content (AvgIpc) is 3.98. The standard InChI is InChI=1S/C54H36N2O2S/c1-33-25-29-35(30-26-33)55(44-20-11-18-41-37-13-5-8-22-46(37)57-52(41)44)50-39-15-3-4-16-40(39)51(54-49(50)43-17-7-10-24-48(43)59-54)56(36-31-27-34(2)28-32-36)45-21-12-19-42-38-14-6-9-23-47(38)58-53(42)45/h3-32H,1-2H3. The zero-order valence-electron chi connectivity index (χ0n) is 32.4. The number of nitrogens with zero attached hydrogens (tertiary/aromatic N) is 2. The van der Waals surface area contributed by atoms with E-state index in [1.807, 2.05) is 23.5 Å². The van der Waals surface area contributed by atoms with Crippen LogP contribution < -0.4 is 9.80 Å². The summed E-state index contributed by atoms with van der Waals surface area (Å²) in [7, 11) is 0. The number of anilines is 6. The fraction of sp³-hybridized carbons (Fsp3) is 0.0370. The summed E-state index contributed by atoms with van der Waals surface area (Å²) in [5, 5.41) is 9.03. The molecule has 0 N–H and O–H groups in total. The molecule has 0 atom stereocenters. The Balaban J connectivity index is 1.25. The van der Waals surface area contributed by atoms with Gasteiger partial charge in [-0.25, -0.2) is 0 Å². The maximum atomic E-state index is 6.82. The van der Waals surface area contributed by atoms with E-state index in [0.29, 0.717) is 0 Å². The van der Waals surface area contributed by atoms with Crippen molar-refractivity contribution in [1.82, 2.24) is 0 Å². The van der Waals surface area contributed by atoms with Gasteiger partial charge < -0.3 is 18.6 Å². The quantitative estimate of drug-likeness (QED) is 0.157. The summed E-state index contributed by atoms with van der Waals surface area (Å²) in [4.78, 5) is 4.87. The molecule has 12 aromatic rings. The Morgan fingerprint density at radius 1 is 0.373 bits per heavy atom. The van der Waals surface area contributed by atoms with Crippen molar-refractivity contribution in [2.75, 3.05) is 9.80 Å². The highest BCUT2D eigenvalue weighted by Crippen LogP contribution is 2.57. The third kappa shape index (κ3) is 5.15. The molecule has 4 nitrogen and oxygen atoms in total. The highest BCUT2D eigenvalue weighted by Gasteiger charge is 2.30. The normalized spacial score (nSPS) is 11.9. The molecule has 0 radical (unpaired) electrons. The Bertz CT molecular complexity index is 3590. The molecule has 0 bridgehead atoms. The van der Waals surface area contributed by atoms with Gasteiger partial charge in [-0.05, 0) is 68.4 Å². The fourth-order valence-electron chi connectivity index (χ4n) is 9.04. The molecular formula is C54H36N2O2S. The highest BCUT2D eigenvalue weighted by atomic mass is 32.1. The van der Waals surface area contributed by atoms with E-state index in [-0.39, 0.29) is 0 Å². The predicted octanol–water partition coefficient (Wildman–Crippen LogP) is 16.6. The van der Waals surface area contributed by atoms with Gasteiger partial charge in [0.1, 0.15) is 11.2 Å². The number of benzene rings is 9. The summed E-state index contributed by atoms with van der Waals surface area (Å²) >= 11 is 1.84. The molecule has 59 heavy (non-hydrogen) atoms. The molecule has 3 aromatic heterocycles. The molecule has 0 saturated carbocycles. The molecule has 0 aliphatic heterocycles. The van der Waals surface area contributed by atoms with Gasteiger partial charge in [0.15, 0.2) is 11.2 Å². The van der Waals surface area contributed by atoms with Crippen molar-refractivity contribution in [3.05, 3.63) is 193 Å². The first-order chi connectivity index (χ1) is 29.1. The Morgan fingerprint density at radius 3 is 1.34 bits per heavy atom. The first-order valence-electron chi connectivity index (χ1n) is 20.0. The van der Waals surface area contributed by atoms with Gasteiger partial charge in [-0.3, -0.25) is 0 Å². The van der Waals surface area contributed by atoms with Gasteiger partial charge in [0, 0.05) is 59.2 Å². The monoisotopic (exact) mass is 776 g/mol. The van der Waals surface area contributed by atoms with E-state index in [2.05, 4.69) is 194 Å². The zero-order valence-corrected chi connectivity index (χ0v) is 33.3. The van der Waals surface area contributed by atoms with Crippen molar-refractivity contribution >= 4 is 120 Å². The van der Waals surface area contributed by atoms with Gasteiger partial charge in [-0.1, -0.05) is 139 Å². The van der Waals surface area contributed by atoms with E-state index in [1.165, 1.54) is 31.3 Å². The van der Waals surface area contributed by atoms with Crippen LogP contribution in [0.1, 0.15) is 11.1 Å². The predicted molar refractivity (Wildman–Crippen MR) is 250 cm³/mol. The molecule has 3 heterocycles. The molecule has 0 unspecified atom stereocenters. The molecule has 12 rings (SSSR count). The van der Waals surface area contributed by atoms with Crippen LogP contribution in [-0.2, 0) is 0 Å². The average molecular weight is 777 g/mol. The number of furan rings is 2. The van der Waals surface area contributed by atoms with E-state index in [1.54, 1.807) is 0 Å². The van der Waals surface area contributed by atoms with Crippen LogP contribution in [-0.4, -0.2) is 0 Å². The maximum Gasteiger partial charge on any atom is 0.159 e. The molecule has 0 aliphatic carbocycles. The SMILES string of the molecule is Cc1ccc(N(c2cccc3c2oc2ccccc23)c2c3ccccc3c(N(c3ccc(C)cc3)c3cccc4c3oc3ccccc34)c3c2sc2ccccc23)cc1. The first-order valence-corrected chi connectivity index (χ1v) is 20.8. The number of para-hydroxylation sites is 4. The summed E-state index contributed by atoms with van der Waals surface area (Å²) in [6.07, 6.45) is 0. The lowest BCUT2D eigenvalue weighted by Gasteiger charge is -2.32. The van der Waals surface area contributed by atoms with Crippen LogP contribution in [0.4, 0.5) is 34.1 Å². The Labute approximate surface area is 344 Å². The second-order valence-electron chi connectivity index (χ2n) is 15.4. The minimum atomic E-state index is 0.855. The molecule has 5 heteroatoms. The van der Waals surface area contributed by atoms with Gasteiger partial charge in [0.05, 0.1) is 27.4 Å². The lowest BCUT2D eigenvalue weighted by Crippen LogP contribution is -2.14. The largest absolute Gasteiger partial charge is 0.454 e. The minimum Gasteiger partial charge on any atom is -0.454 e. The van der Waals surface area contributed by atoms with Crippen molar-refractivity contribution in [2.45, 2.75) is 13.8 Å². The van der Waals surface area contributed by atoms with Crippen LogP contribution in [0.15, 0.2) is 191 Å². The second kappa shape index (κ2) is 13.1. The van der Waals surface area contributed by atoms with Crippen LogP contribution in [0.5, 0.6) is 0 Å². The van der Waals surface area contributed by atoms with E-state index in [9.17, 15) is 0 Å². The van der Waals surface area contributed by atoms with Gasteiger partial charge >= 0.3 is 0 Å². The Kier molecular flexibility index (Phi) is 7.50. The summed E-state index contributed by atoms with van der Waals surface area (Å²) in [6.45, 7) is 4.29. The van der Waals surface area contributed by atoms with Crippen molar-refractivity contribution in [2.24, 2.45) is 0 Å². The van der Waals surface area contributed by atoms with E-state index < -0.39 is 0 Å². The summed E-state index contributed by atoms with van der Waals surface area (Å²) in [5.41, 5.74) is 12.2. The van der Waals surface area contributed by atoms with Gasteiger partial charge in [-0.2, -0.15) is 0 Å². The third-order valence-corrected chi connectivity index (χ3v) is 12.9. The smallest absolute Gasteiger partial charge is 0.159 e. The van der Waals surface area contributed by atoms with Crippen molar-refractivity contribution in [3.63, 3.8) is 0 Å². The van der Waals surface area contributed by atoms with E-state index >= 15 is 0 Å². The maximum absolute atomic E-state index is 6.82. The third-order valence-electron chi connectivity index (χ3n) is 11.8. The number of fused-ring (bicyclic) bond motifs is 10. The van der Waals surface area contributed by atoms with Crippen LogP contribution in [0.3, 0.4) is 0 Å². The molecule has 0 saturated heterocycles. The molecule has 0 aliphatic rings. The molecule has 0 fully saturated rings. The summed E-state index contributed by atoms with van der Waals surface area (Å²) in [6, 6.07) is 65.3.